The second-order valence-electron chi connectivity index (χ2n) is 5.12. The molecule has 1 aliphatic rings. The van der Waals surface area contributed by atoms with Gasteiger partial charge in [-0.15, -0.1) is 0 Å². The summed E-state index contributed by atoms with van der Waals surface area (Å²) in [5.41, 5.74) is 0.229. The number of ether oxygens (including phenoxy) is 2. The number of halogens is 2. The van der Waals surface area contributed by atoms with Gasteiger partial charge in [-0.25, -0.2) is 0 Å². The molecule has 8 heteroatoms. The van der Waals surface area contributed by atoms with Crippen molar-refractivity contribution in [3.63, 3.8) is 0 Å². The van der Waals surface area contributed by atoms with Crippen LogP contribution in [0.5, 0.6) is 0 Å². The number of carbonyl (C=O) groups is 2. The molecule has 1 aliphatic heterocycles. The predicted molar refractivity (Wildman–Crippen MR) is 87.0 cm³/mol. The fraction of sp³-hybridized carbons (Fsp3) is 0.467. The molecule has 0 saturated carbocycles. The van der Waals surface area contributed by atoms with Crippen molar-refractivity contribution in [1.82, 2.24) is 10.6 Å². The summed E-state index contributed by atoms with van der Waals surface area (Å²) in [6.07, 6.45) is 0.476. The van der Waals surface area contributed by atoms with Crippen LogP contribution in [-0.2, 0) is 14.3 Å². The van der Waals surface area contributed by atoms with E-state index in [4.69, 9.17) is 32.7 Å². The third-order valence-electron chi connectivity index (χ3n) is 3.54. The van der Waals surface area contributed by atoms with Crippen molar-refractivity contribution in [2.24, 2.45) is 0 Å². The maximum Gasteiger partial charge on any atom is 0.253 e. The summed E-state index contributed by atoms with van der Waals surface area (Å²) < 4.78 is 10.6. The van der Waals surface area contributed by atoms with Crippen LogP contribution in [-0.4, -0.2) is 50.8 Å². The minimum Gasteiger partial charge on any atom is -0.379 e. The van der Waals surface area contributed by atoms with Crippen molar-refractivity contribution >= 4 is 35.0 Å². The van der Waals surface area contributed by atoms with E-state index in [0.29, 0.717) is 24.7 Å². The molecule has 0 bridgehead atoms. The highest BCUT2D eigenvalue weighted by molar-refractivity contribution is 6.35. The minimum absolute atomic E-state index is 0.132. The highest BCUT2D eigenvalue weighted by Crippen LogP contribution is 2.20. The largest absolute Gasteiger partial charge is 0.379 e. The fourth-order valence-electron chi connectivity index (χ4n) is 2.29. The van der Waals surface area contributed by atoms with Crippen molar-refractivity contribution in [1.29, 1.82) is 0 Å². The normalized spacial score (nSPS) is 20.8. The van der Waals surface area contributed by atoms with Gasteiger partial charge >= 0.3 is 0 Å². The van der Waals surface area contributed by atoms with E-state index in [1.807, 2.05) is 0 Å². The van der Waals surface area contributed by atoms with Crippen LogP contribution in [0.1, 0.15) is 16.8 Å². The summed E-state index contributed by atoms with van der Waals surface area (Å²) in [7, 11) is 1.57. The molecule has 0 aromatic heterocycles. The van der Waals surface area contributed by atoms with E-state index in [2.05, 4.69) is 10.6 Å². The number of methoxy groups -OCH3 is 1. The Morgan fingerprint density at radius 3 is 2.91 bits per heavy atom. The van der Waals surface area contributed by atoms with Crippen molar-refractivity contribution in [3.8, 4) is 0 Å². The third-order valence-corrected chi connectivity index (χ3v) is 4.10. The highest BCUT2D eigenvalue weighted by atomic mass is 35.5. The number of amides is 2. The molecule has 2 atom stereocenters. The molecule has 0 aliphatic carbocycles. The van der Waals surface area contributed by atoms with Gasteiger partial charge in [0.05, 0.1) is 29.8 Å². The molecular weight excluding hydrogens is 343 g/mol. The maximum absolute atomic E-state index is 12.1. The molecule has 126 valence electrons. The zero-order valence-electron chi connectivity index (χ0n) is 12.6. The lowest BCUT2D eigenvalue weighted by Crippen LogP contribution is -2.51. The van der Waals surface area contributed by atoms with E-state index in [1.54, 1.807) is 13.2 Å². The quantitative estimate of drug-likeness (QED) is 0.836. The molecule has 1 aromatic rings. The first-order valence-electron chi connectivity index (χ1n) is 7.14. The van der Waals surface area contributed by atoms with E-state index in [-0.39, 0.29) is 35.2 Å². The number of carbonyl (C=O) groups excluding carboxylic acids is 2. The predicted octanol–water partition coefficient (Wildman–Crippen LogP) is 1.64. The first kappa shape index (κ1) is 18.0. The summed E-state index contributed by atoms with van der Waals surface area (Å²) >= 11 is 11.8. The van der Waals surface area contributed by atoms with Crippen LogP contribution in [0, 0.1) is 0 Å². The van der Waals surface area contributed by atoms with Gasteiger partial charge in [-0.1, -0.05) is 23.2 Å². The number of nitrogens with one attached hydrogen (secondary N) is 2. The third kappa shape index (κ3) is 5.07. The van der Waals surface area contributed by atoms with Gasteiger partial charge in [0, 0.05) is 18.7 Å². The van der Waals surface area contributed by atoms with Crippen LogP contribution in [0.3, 0.4) is 0 Å². The average molecular weight is 361 g/mol. The summed E-state index contributed by atoms with van der Waals surface area (Å²) in [5.74, 6) is -0.756. The Morgan fingerprint density at radius 1 is 1.39 bits per heavy atom. The number of hydrogen-bond donors (Lipinski definition) is 2. The molecule has 2 N–H and O–H groups in total. The van der Waals surface area contributed by atoms with E-state index in [9.17, 15) is 9.59 Å². The second kappa shape index (κ2) is 8.49. The molecule has 1 aromatic carbocycles. The zero-order valence-corrected chi connectivity index (χ0v) is 14.1. The Balaban J connectivity index is 1.86. The van der Waals surface area contributed by atoms with Gasteiger partial charge in [-0.2, -0.15) is 0 Å². The van der Waals surface area contributed by atoms with Crippen LogP contribution in [0.15, 0.2) is 18.2 Å². The molecule has 2 amide bonds. The highest BCUT2D eigenvalue weighted by Gasteiger charge is 2.27. The lowest BCUT2D eigenvalue weighted by Gasteiger charge is -2.31. The van der Waals surface area contributed by atoms with Crippen LogP contribution < -0.4 is 10.6 Å². The Kier molecular flexibility index (Phi) is 6.65. The fourth-order valence-corrected chi connectivity index (χ4v) is 2.67. The molecule has 0 spiro atoms. The molecule has 1 saturated heterocycles. The lowest BCUT2D eigenvalue weighted by molar-refractivity contribution is -0.124. The summed E-state index contributed by atoms with van der Waals surface area (Å²) in [5, 5.41) is 6.03. The van der Waals surface area contributed by atoms with Gasteiger partial charge in [0.25, 0.3) is 5.91 Å². The van der Waals surface area contributed by atoms with Gasteiger partial charge in [-0.3, -0.25) is 9.59 Å². The zero-order chi connectivity index (χ0) is 16.8. The van der Waals surface area contributed by atoms with Gasteiger partial charge in [0.2, 0.25) is 5.91 Å². The number of rotatable bonds is 5. The molecule has 23 heavy (non-hydrogen) atoms. The van der Waals surface area contributed by atoms with Gasteiger partial charge in [0.1, 0.15) is 6.10 Å². The van der Waals surface area contributed by atoms with Crippen LogP contribution >= 0.6 is 23.2 Å². The van der Waals surface area contributed by atoms with Crippen LogP contribution in [0.4, 0.5) is 0 Å². The monoisotopic (exact) mass is 360 g/mol. The van der Waals surface area contributed by atoms with E-state index in [1.165, 1.54) is 12.1 Å². The van der Waals surface area contributed by atoms with Gasteiger partial charge in [0.15, 0.2) is 0 Å². The maximum atomic E-state index is 12.1. The molecule has 2 unspecified atom stereocenters. The van der Waals surface area contributed by atoms with Crippen molar-refractivity contribution in [2.75, 3.05) is 26.9 Å². The average Bonchev–Trinajstić information content (AvgIpc) is 2.55. The van der Waals surface area contributed by atoms with E-state index >= 15 is 0 Å². The van der Waals surface area contributed by atoms with Crippen LogP contribution in [0.2, 0.25) is 10.0 Å². The summed E-state index contributed by atoms with van der Waals surface area (Å²) in [4.78, 5) is 24.0. The first-order chi connectivity index (χ1) is 11.0. The number of benzene rings is 1. The van der Waals surface area contributed by atoms with E-state index in [0.717, 1.165) is 0 Å². The van der Waals surface area contributed by atoms with Crippen molar-refractivity contribution < 1.29 is 19.1 Å². The minimum atomic E-state index is -0.456. The van der Waals surface area contributed by atoms with Crippen molar-refractivity contribution in [2.45, 2.75) is 18.6 Å². The van der Waals surface area contributed by atoms with Crippen molar-refractivity contribution in [3.05, 3.63) is 33.8 Å². The Morgan fingerprint density at radius 2 is 2.17 bits per heavy atom. The Bertz CT molecular complexity index is 583. The van der Waals surface area contributed by atoms with Gasteiger partial charge in [-0.05, 0) is 24.6 Å². The molecule has 1 heterocycles. The Hall–Kier alpha value is -1.34. The molecular formula is C15H18Cl2N2O4. The molecule has 2 rings (SSSR count). The number of hydrogen-bond acceptors (Lipinski definition) is 4. The summed E-state index contributed by atoms with van der Waals surface area (Å²) in [6.45, 7) is 0.844. The van der Waals surface area contributed by atoms with Gasteiger partial charge < -0.3 is 20.1 Å². The first-order valence-corrected chi connectivity index (χ1v) is 7.90. The SMILES string of the molecule is COC1COCCC1NC(=O)CNC(=O)c1cc(Cl)ccc1Cl. The van der Waals surface area contributed by atoms with E-state index < -0.39 is 5.91 Å². The second-order valence-corrected chi connectivity index (χ2v) is 5.96. The summed E-state index contributed by atoms with van der Waals surface area (Å²) in [6, 6.07) is 4.44. The Labute approximate surface area is 144 Å². The lowest BCUT2D eigenvalue weighted by atomic mass is 10.1. The topological polar surface area (TPSA) is 76.7 Å². The van der Waals surface area contributed by atoms with Crippen LogP contribution in [0.25, 0.3) is 0 Å². The molecule has 0 radical (unpaired) electrons. The smallest absolute Gasteiger partial charge is 0.253 e. The molecule has 1 fully saturated rings. The standard InChI is InChI=1S/C15H18Cl2N2O4/c1-22-13-8-23-5-4-12(13)19-14(20)7-18-15(21)10-6-9(16)2-3-11(10)17/h2-3,6,12-13H,4-5,7-8H2,1H3,(H,18,21)(H,19,20). The molecule has 6 nitrogen and oxygen atoms in total.